The molecule has 0 spiro atoms. The van der Waals surface area contributed by atoms with Crippen LogP contribution in [0.3, 0.4) is 0 Å². The molecule has 0 bridgehead atoms. The summed E-state index contributed by atoms with van der Waals surface area (Å²) in [5.41, 5.74) is 2.99. The number of hydrogen-bond donors (Lipinski definition) is 1. The number of fused-ring (bicyclic) bond motifs is 1. The molecule has 0 aliphatic carbocycles. The average molecular weight is 431 g/mol. The molecule has 3 aromatic rings. The molecule has 1 fully saturated rings. The van der Waals surface area contributed by atoms with Crippen molar-refractivity contribution < 1.29 is 13.6 Å². The van der Waals surface area contributed by atoms with Gasteiger partial charge in [0.15, 0.2) is 10.9 Å². The number of amides is 1. The maximum Gasteiger partial charge on any atom is 0.251 e. The predicted octanol–water partition coefficient (Wildman–Crippen LogP) is 3.74. The monoisotopic (exact) mass is 430 g/mol. The summed E-state index contributed by atoms with van der Waals surface area (Å²) in [6.45, 7) is 8.44. The van der Waals surface area contributed by atoms with Crippen LogP contribution in [0.25, 0.3) is 10.2 Å². The van der Waals surface area contributed by atoms with Crippen molar-refractivity contribution in [2.45, 2.75) is 13.8 Å². The van der Waals surface area contributed by atoms with Gasteiger partial charge in [0.05, 0.1) is 4.70 Å². The summed E-state index contributed by atoms with van der Waals surface area (Å²) in [6, 6.07) is 8.08. The van der Waals surface area contributed by atoms with E-state index in [0.717, 1.165) is 60.6 Å². The maximum absolute atomic E-state index is 13.9. The van der Waals surface area contributed by atoms with Gasteiger partial charge in [-0.3, -0.25) is 9.69 Å². The third-order valence-electron chi connectivity index (χ3n) is 5.40. The van der Waals surface area contributed by atoms with Gasteiger partial charge in [-0.05, 0) is 31.5 Å². The number of thiazole rings is 1. The van der Waals surface area contributed by atoms with Crippen LogP contribution >= 0.6 is 11.3 Å². The molecule has 30 heavy (non-hydrogen) atoms. The van der Waals surface area contributed by atoms with Crippen LogP contribution in [-0.4, -0.2) is 55.1 Å². The number of carbonyl (C=O) groups excluding carboxylic acids is 1. The molecule has 2 heterocycles. The first kappa shape index (κ1) is 20.7. The van der Waals surface area contributed by atoms with Crippen molar-refractivity contribution in [1.82, 2.24) is 15.2 Å². The molecular weight excluding hydrogens is 406 g/mol. The van der Waals surface area contributed by atoms with Gasteiger partial charge in [-0.1, -0.05) is 29.0 Å². The van der Waals surface area contributed by atoms with Gasteiger partial charge in [-0.25, -0.2) is 13.8 Å². The Hall–Kier alpha value is -2.58. The van der Waals surface area contributed by atoms with Crippen molar-refractivity contribution in [1.29, 1.82) is 0 Å². The molecule has 1 aromatic heterocycles. The molecule has 1 aliphatic rings. The van der Waals surface area contributed by atoms with Crippen molar-refractivity contribution >= 4 is 32.6 Å². The van der Waals surface area contributed by atoms with Gasteiger partial charge in [-0.2, -0.15) is 0 Å². The van der Waals surface area contributed by atoms with Gasteiger partial charge in [0.25, 0.3) is 5.91 Å². The minimum Gasteiger partial charge on any atom is -0.351 e. The van der Waals surface area contributed by atoms with Crippen LogP contribution in [0, 0.1) is 25.5 Å². The number of nitrogens with one attached hydrogen (secondary N) is 1. The normalized spacial score (nSPS) is 15.0. The van der Waals surface area contributed by atoms with Crippen molar-refractivity contribution in [2.24, 2.45) is 0 Å². The Kier molecular flexibility index (Phi) is 5.97. The fourth-order valence-corrected chi connectivity index (χ4v) is 4.70. The van der Waals surface area contributed by atoms with Gasteiger partial charge in [-0.15, -0.1) is 0 Å². The van der Waals surface area contributed by atoms with Crippen molar-refractivity contribution in [2.75, 3.05) is 44.2 Å². The summed E-state index contributed by atoms with van der Waals surface area (Å²) in [4.78, 5) is 21.2. The Morgan fingerprint density at radius 3 is 2.67 bits per heavy atom. The SMILES string of the molecule is Cc1ccc(C)c(C(=O)NCCN2CCN(c3nc4c(F)cc(F)cc4s3)CC2)c1. The number of benzene rings is 2. The molecule has 0 saturated carbocycles. The molecule has 5 nitrogen and oxygen atoms in total. The van der Waals surface area contributed by atoms with Crippen LogP contribution in [0.2, 0.25) is 0 Å². The molecule has 1 amide bonds. The lowest BCUT2D eigenvalue weighted by Crippen LogP contribution is -2.48. The highest BCUT2D eigenvalue weighted by molar-refractivity contribution is 7.22. The molecular formula is C22H24F2N4OS. The highest BCUT2D eigenvalue weighted by Gasteiger charge is 2.21. The standard InChI is InChI=1S/C22H24F2N4OS/c1-14-3-4-15(2)17(11-14)21(29)25-5-6-27-7-9-28(10-8-27)22-26-20-18(24)12-16(23)13-19(20)30-22/h3-4,11-13H,5-10H2,1-2H3,(H,25,29). The van der Waals surface area contributed by atoms with Crippen molar-refractivity contribution in [3.8, 4) is 0 Å². The number of aromatic nitrogens is 1. The van der Waals surface area contributed by atoms with Crippen LogP contribution in [0.15, 0.2) is 30.3 Å². The fraction of sp³-hybridized carbons (Fsp3) is 0.364. The Balaban J connectivity index is 1.28. The Labute approximate surface area is 178 Å². The lowest BCUT2D eigenvalue weighted by Gasteiger charge is -2.34. The fourth-order valence-electron chi connectivity index (χ4n) is 3.65. The minimum absolute atomic E-state index is 0.0430. The number of hydrogen-bond acceptors (Lipinski definition) is 5. The molecule has 2 aromatic carbocycles. The van der Waals surface area contributed by atoms with Gasteiger partial charge >= 0.3 is 0 Å². The van der Waals surface area contributed by atoms with E-state index in [4.69, 9.17) is 0 Å². The molecule has 4 rings (SSSR count). The van der Waals surface area contributed by atoms with E-state index in [9.17, 15) is 13.6 Å². The van der Waals surface area contributed by atoms with Gasteiger partial charge < -0.3 is 10.2 Å². The smallest absolute Gasteiger partial charge is 0.251 e. The van der Waals surface area contributed by atoms with Crippen LogP contribution in [-0.2, 0) is 0 Å². The number of aryl methyl sites for hydroxylation is 2. The topological polar surface area (TPSA) is 48.5 Å². The summed E-state index contributed by atoms with van der Waals surface area (Å²) in [5, 5.41) is 3.72. The minimum atomic E-state index is -0.620. The number of halogens is 2. The highest BCUT2D eigenvalue weighted by Crippen LogP contribution is 2.31. The first-order chi connectivity index (χ1) is 14.4. The third-order valence-corrected chi connectivity index (χ3v) is 6.46. The van der Waals surface area contributed by atoms with Crippen LogP contribution in [0.5, 0.6) is 0 Å². The number of carbonyl (C=O) groups is 1. The van der Waals surface area contributed by atoms with E-state index in [2.05, 4.69) is 20.1 Å². The van der Waals surface area contributed by atoms with E-state index in [1.807, 2.05) is 32.0 Å². The summed E-state index contributed by atoms with van der Waals surface area (Å²) in [7, 11) is 0. The van der Waals surface area contributed by atoms with E-state index in [1.54, 1.807) is 0 Å². The lowest BCUT2D eigenvalue weighted by molar-refractivity contribution is 0.0947. The number of nitrogens with zero attached hydrogens (tertiary/aromatic N) is 3. The summed E-state index contributed by atoms with van der Waals surface area (Å²) < 4.78 is 27.8. The predicted molar refractivity (Wildman–Crippen MR) is 116 cm³/mol. The molecule has 1 N–H and O–H groups in total. The van der Waals surface area contributed by atoms with E-state index in [0.29, 0.717) is 11.2 Å². The Bertz CT molecular complexity index is 1080. The van der Waals surface area contributed by atoms with Gasteiger partial charge in [0.1, 0.15) is 11.3 Å². The first-order valence-electron chi connectivity index (χ1n) is 9.99. The second-order valence-electron chi connectivity index (χ2n) is 7.63. The van der Waals surface area contributed by atoms with E-state index in [-0.39, 0.29) is 11.4 Å². The van der Waals surface area contributed by atoms with E-state index >= 15 is 0 Å². The van der Waals surface area contributed by atoms with E-state index in [1.165, 1.54) is 17.4 Å². The molecule has 1 aliphatic heterocycles. The van der Waals surface area contributed by atoms with Crippen molar-refractivity contribution in [3.63, 3.8) is 0 Å². The number of anilines is 1. The molecule has 158 valence electrons. The van der Waals surface area contributed by atoms with Gasteiger partial charge in [0.2, 0.25) is 0 Å². The van der Waals surface area contributed by atoms with Gasteiger partial charge in [0, 0.05) is 50.9 Å². The van der Waals surface area contributed by atoms with Crippen LogP contribution in [0.1, 0.15) is 21.5 Å². The lowest BCUT2D eigenvalue weighted by atomic mass is 10.1. The largest absolute Gasteiger partial charge is 0.351 e. The highest BCUT2D eigenvalue weighted by atomic mass is 32.1. The molecule has 0 unspecified atom stereocenters. The van der Waals surface area contributed by atoms with E-state index < -0.39 is 11.6 Å². The number of piperazine rings is 1. The summed E-state index contributed by atoms with van der Waals surface area (Å²) in [5.74, 6) is -1.24. The van der Waals surface area contributed by atoms with Crippen molar-refractivity contribution in [3.05, 3.63) is 58.7 Å². The Morgan fingerprint density at radius 2 is 1.90 bits per heavy atom. The number of rotatable bonds is 5. The third kappa shape index (κ3) is 4.44. The second-order valence-corrected chi connectivity index (χ2v) is 8.64. The molecule has 0 atom stereocenters. The zero-order valence-electron chi connectivity index (χ0n) is 17.0. The molecule has 1 saturated heterocycles. The molecule has 0 radical (unpaired) electrons. The maximum atomic E-state index is 13.9. The van der Waals surface area contributed by atoms with Crippen LogP contribution < -0.4 is 10.2 Å². The zero-order chi connectivity index (χ0) is 21.3. The average Bonchev–Trinajstić information content (AvgIpc) is 3.14. The molecule has 8 heteroatoms. The first-order valence-corrected chi connectivity index (χ1v) is 10.8. The second kappa shape index (κ2) is 8.65. The zero-order valence-corrected chi connectivity index (χ0v) is 17.9. The quantitative estimate of drug-likeness (QED) is 0.670. The summed E-state index contributed by atoms with van der Waals surface area (Å²) >= 11 is 1.31. The van der Waals surface area contributed by atoms with Crippen LogP contribution in [0.4, 0.5) is 13.9 Å². The Morgan fingerprint density at radius 1 is 1.13 bits per heavy atom. The summed E-state index contributed by atoms with van der Waals surface area (Å²) in [6.07, 6.45) is 0.